The quantitative estimate of drug-likeness (QED) is 0.456. The molecule has 24 heavy (non-hydrogen) atoms. The van der Waals surface area contributed by atoms with E-state index in [-0.39, 0.29) is 6.61 Å². The Balaban J connectivity index is 3.11. The summed E-state index contributed by atoms with van der Waals surface area (Å²) in [5.41, 5.74) is 0. The van der Waals surface area contributed by atoms with Crippen LogP contribution in [0, 0.1) is 0 Å². The van der Waals surface area contributed by atoms with Crippen LogP contribution >= 0.6 is 0 Å². The van der Waals surface area contributed by atoms with E-state index in [1.807, 2.05) is 0 Å². The lowest BCUT2D eigenvalue weighted by atomic mass is 9.96. The highest BCUT2D eigenvalue weighted by molar-refractivity contribution is 5.73. The summed E-state index contributed by atoms with van der Waals surface area (Å²) < 4.78 is 20.3. The second-order valence-corrected chi connectivity index (χ2v) is 5.24. The van der Waals surface area contributed by atoms with Gasteiger partial charge in [0.2, 0.25) is 5.91 Å². The number of nitrogens with one attached hydrogen (secondary N) is 1. The van der Waals surface area contributed by atoms with Crippen molar-refractivity contribution in [3.05, 3.63) is 0 Å². The number of aliphatic hydroxyl groups excluding tert-OH is 1. The number of ether oxygens (including phenoxy) is 4. The lowest BCUT2D eigenvalue weighted by Crippen LogP contribution is -2.66. The van der Waals surface area contributed by atoms with Crippen molar-refractivity contribution >= 4 is 23.8 Å². The Kier molecular flexibility index (Phi) is 7.11. The van der Waals surface area contributed by atoms with Gasteiger partial charge >= 0.3 is 17.9 Å². The molecule has 0 radical (unpaired) electrons. The number of carbonyl (C=O) groups is 4. The van der Waals surface area contributed by atoms with E-state index in [1.54, 1.807) is 0 Å². The minimum atomic E-state index is -1.56. The van der Waals surface area contributed by atoms with Crippen molar-refractivity contribution in [2.75, 3.05) is 6.61 Å². The summed E-state index contributed by atoms with van der Waals surface area (Å²) in [6.45, 7) is 4.28. The SMILES string of the molecule is CC(=O)N[C@H]1[C@H](OC(C)=O)[C@@H](OC(C)=O)[C@H](COC(C)=O)O[C@@H]1O. The van der Waals surface area contributed by atoms with E-state index in [0.717, 1.165) is 13.8 Å². The summed E-state index contributed by atoms with van der Waals surface area (Å²) in [5.74, 6) is -2.54. The zero-order chi connectivity index (χ0) is 18.4. The molecule has 1 aliphatic heterocycles. The van der Waals surface area contributed by atoms with Crippen LogP contribution in [-0.4, -0.2) is 66.2 Å². The van der Waals surface area contributed by atoms with Gasteiger partial charge in [-0.15, -0.1) is 0 Å². The van der Waals surface area contributed by atoms with Crippen LogP contribution in [-0.2, 0) is 38.1 Å². The van der Waals surface area contributed by atoms with Crippen molar-refractivity contribution < 1.29 is 43.2 Å². The Hall–Kier alpha value is -2.20. The van der Waals surface area contributed by atoms with Crippen LogP contribution in [0.5, 0.6) is 0 Å². The average molecular weight is 347 g/mol. The second-order valence-electron chi connectivity index (χ2n) is 5.24. The molecule has 0 saturated carbocycles. The monoisotopic (exact) mass is 347 g/mol. The first-order chi connectivity index (χ1) is 11.1. The highest BCUT2D eigenvalue weighted by atomic mass is 16.7. The molecule has 10 heteroatoms. The molecule has 5 atom stereocenters. The van der Waals surface area contributed by atoms with E-state index in [9.17, 15) is 24.3 Å². The summed E-state index contributed by atoms with van der Waals surface area (Å²) in [5, 5.41) is 12.5. The Morgan fingerprint density at radius 3 is 1.96 bits per heavy atom. The predicted octanol–water partition coefficient (Wildman–Crippen LogP) is -1.37. The fourth-order valence-corrected chi connectivity index (χ4v) is 2.31. The smallest absolute Gasteiger partial charge is 0.303 e. The van der Waals surface area contributed by atoms with Gasteiger partial charge in [0, 0.05) is 27.7 Å². The van der Waals surface area contributed by atoms with E-state index >= 15 is 0 Å². The summed E-state index contributed by atoms with van der Waals surface area (Å²) in [4.78, 5) is 45.0. The van der Waals surface area contributed by atoms with Crippen LogP contribution in [0.1, 0.15) is 27.7 Å². The third kappa shape index (κ3) is 5.78. The molecule has 0 spiro atoms. The minimum Gasteiger partial charge on any atom is -0.463 e. The number of amides is 1. The van der Waals surface area contributed by atoms with Crippen molar-refractivity contribution in [1.82, 2.24) is 5.32 Å². The lowest BCUT2D eigenvalue weighted by molar-refractivity contribution is -0.264. The third-order valence-corrected chi connectivity index (χ3v) is 3.09. The summed E-state index contributed by atoms with van der Waals surface area (Å²) >= 11 is 0. The number of carbonyl (C=O) groups excluding carboxylic acids is 4. The third-order valence-electron chi connectivity index (χ3n) is 3.09. The Morgan fingerprint density at radius 1 is 0.958 bits per heavy atom. The van der Waals surface area contributed by atoms with Crippen LogP contribution in [0.4, 0.5) is 0 Å². The normalized spacial score (nSPS) is 29.3. The number of hydrogen-bond donors (Lipinski definition) is 2. The first-order valence-electron chi connectivity index (χ1n) is 7.20. The van der Waals surface area contributed by atoms with Crippen molar-refractivity contribution in [3.63, 3.8) is 0 Å². The van der Waals surface area contributed by atoms with Gasteiger partial charge in [0.25, 0.3) is 0 Å². The summed E-state index contributed by atoms with van der Waals surface area (Å²) in [7, 11) is 0. The van der Waals surface area contributed by atoms with Gasteiger partial charge < -0.3 is 29.4 Å². The van der Waals surface area contributed by atoms with E-state index in [2.05, 4.69) is 5.32 Å². The van der Waals surface area contributed by atoms with Gasteiger partial charge in [-0.05, 0) is 0 Å². The zero-order valence-electron chi connectivity index (χ0n) is 13.8. The average Bonchev–Trinajstić information content (AvgIpc) is 2.42. The maximum atomic E-state index is 11.4. The molecule has 1 saturated heterocycles. The van der Waals surface area contributed by atoms with Gasteiger partial charge in [-0.25, -0.2) is 0 Å². The summed E-state index contributed by atoms with van der Waals surface area (Å²) in [6, 6.07) is -1.16. The van der Waals surface area contributed by atoms with Crippen LogP contribution in [0.2, 0.25) is 0 Å². The predicted molar refractivity (Wildman–Crippen MR) is 76.2 cm³/mol. The largest absolute Gasteiger partial charge is 0.463 e. The molecule has 10 nitrogen and oxygen atoms in total. The summed E-state index contributed by atoms with van der Waals surface area (Å²) in [6.07, 6.45) is -5.06. The van der Waals surface area contributed by atoms with Gasteiger partial charge in [-0.3, -0.25) is 19.2 Å². The van der Waals surface area contributed by atoms with Crippen molar-refractivity contribution in [3.8, 4) is 0 Å². The van der Waals surface area contributed by atoms with E-state index < -0.39 is 54.5 Å². The molecule has 136 valence electrons. The first-order valence-corrected chi connectivity index (χ1v) is 7.20. The van der Waals surface area contributed by atoms with Crippen molar-refractivity contribution in [2.24, 2.45) is 0 Å². The van der Waals surface area contributed by atoms with Gasteiger partial charge in [0.1, 0.15) is 18.8 Å². The van der Waals surface area contributed by atoms with Gasteiger partial charge in [-0.1, -0.05) is 0 Å². The molecule has 1 aliphatic rings. The van der Waals surface area contributed by atoms with Gasteiger partial charge in [0.05, 0.1) is 0 Å². The molecule has 0 aromatic heterocycles. The van der Waals surface area contributed by atoms with Crippen molar-refractivity contribution in [1.29, 1.82) is 0 Å². The van der Waals surface area contributed by atoms with Crippen LogP contribution in [0.15, 0.2) is 0 Å². The fourth-order valence-electron chi connectivity index (χ4n) is 2.31. The Bertz CT molecular complexity index is 506. The minimum absolute atomic E-state index is 0.338. The topological polar surface area (TPSA) is 137 Å². The molecule has 2 N–H and O–H groups in total. The van der Waals surface area contributed by atoms with E-state index in [4.69, 9.17) is 18.9 Å². The standard InChI is InChI=1S/C14H21NO9/c1-6(16)15-11-13(23-9(4)19)12(22-8(3)18)10(24-14(11)20)5-21-7(2)17/h10-14,20H,5H2,1-4H3,(H,15,16)/t10-,11-,12-,13-,14-/m0/s1. The number of aliphatic hydroxyl groups is 1. The molecule has 0 aromatic carbocycles. The Labute approximate surface area is 138 Å². The van der Waals surface area contributed by atoms with Crippen LogP contribution in [0.25, 0.3) is 0 Å². The van der Waals surface area contributed by atoms with Crippen LogP contribution in [0.3, 0.4) is 0 Å². The number of esters is 3. The van der Waals surface area contributed by atoms with Crippen LogP contribution < -0.4 is 5.32 Å². The molecule has 0 bridgehead atoms. The Morgan fingerprint density at radius 2 is 1.50 bits per heavy atom. The number of hydrogen-bond acceptors (Lipinski definition) is 9. The molecule has 1 amide bonds. The maximum absolute atomic E-state index is 11.4. The molecule has 1 fully saturated rings. The first kappa shape index (κ1) is 19.8. The molecular weight excluding hydrogens is 326 g/mol. The fraction of sp³-hybridized carbons (Fsp3) is 0.714. The highest BCUT2D eigenvalue weighted by Crippen LogP contribution is 2.26. The lowest BCUT2D eigenvalue weighted by Gasteiger charge is -2.43. The molecule has 1 heterocycles. The molecule has 0 unspecified atom stereocenters. The van der Waals surface area contributed by atoms with E-state index in [0.29, 0.717) is 0 Å². The zero-order valence-corrected chi connectivity index (χ0v) is 13.8. The molecule has 0 aromatic rings. The molecule has 0 aliphatic carbocycles. The van der Waals surface area contributed by atoms with Gasteiger partial charge in [0.15, 0.2) is 18.5 Å². The molecular formula is C14H21NO9. The second kappa shape index (κ2) is 8.60. The maximum Gasteiger partial charge on any atom is 0.303 e. The highest BCUT2D eigenvalue weighted by Gasteiger charge is 2.50. The van der Waals surface area contributed by atoms with Crippen molar-refractivity contribution in [2.45, 2.75) is 58.3 Å². The van der Waals surface area contributed by atoms with Gasteiger partial charge in [-0.2, -0.15) is 0 Å². The molecule has 1 rings (SSSR count). The van der Waals surface area contributed by atoms with E-state index in [1.165, 1.54) is 13.8 Å². The number of rotatable bonds is 5.